The van der Waals surface area contributed by atoms with Gasteiger partial charge in [-0.05, 0) is 24.6 Å². The van der Waals surface area contributed by atoms with Gasteiger partial charge in [0.25, 0.3) is 0 Å². The van der Waals surface area contributed by atoms with E-state index in [1.54, 1.807) is 19.1 Å². The molecule has 0 saturated heterocycles. The van der Waals surface area contributed by atoms with Gasteiger partial charge < -0.3 is 10.6 Å². The van der Waals surface area contributed by atoms with Crippen LogP contribution in [0.1, 0.15) is 5.56 Å². The molecule has 0 bridgehead atoms. The fraction of sp³-hybridized carbons (Fsp3) is 0.400. The van der Waals surface area contributed by atoms with Gasteiger partial charge in [0.2, 0.25) is 21.1 Å². The van der Waals surface area contributed by atoms with Crippen molar-refractivity contribution in [3.05, 3.63) is 23.8 Å². The highest BCUT2D eigenvalue weighted by molar-refractivity contribution is 8.01. The Balaban J connectivity index is 1.96. The molecule has 1 aromatic carbocycles. The number of anilines is 2. The zero-order valence-corrected chi connectivity index (χ0v) is 18.0. The Kier molecular flexibility index (Phi) is 7.48. The first kappa shape index (κ1) is 23.4. The van der Waals surface area contributed by atoms with E-state index >= 15 is 0 Å². The summed E-state index contributed by atoms with van der Waals surface area (Å²) in [5.74, 6) is -0.496. The number of carbonyl (C=O) groups excluding carboxylic acids is 1. The summed E-state index contributed by atoms with van der Waals surface area (Å²) < 4.78 is 62.6. The van der Waals surface area contributed by atoms with Crippen LogP contribution in [0, 0.1) is 6.92 Å². The van der Waals surface area contributed by atoms with Crippen LogP contribution in [0.4, 0.5) is 24.0 Å². The van der Waals surface area contributed by atoms with Gasteiger partial charge in [0.1, 0.15) is 6.54 Å². The lowest BCUT2D eigenvalue weighted by Crippen LogP contribution is -2.23. The molecule has 0 spiro atoms. The van der Waals surface area contributed by atoms with E-state index in [0.29, 0.717) is 15.6 Å². The molecule has 8 nitrogen and oxygen atoms in total. The predicted octanol–water partition coefficient (Wildman–Crippen LogP) is 2.80. The van der Waals surface area contributed by atoms with Crippen molar-refractivity contribution >= 4 is 49.8 Å². The average Bonchev–Trinajstić information content (AvgIpc) is 3.07. The summed E-state index contributed by atoms with van der Waals surface area (Å²) in [7, 11) is -0.835. The van der Waals surface area contributed by atoms with Gasteiger partial charge in [0.15, 0.2) is 4.34 Å². The highest BCUT2D eigenvalue weighted by Crippen LogP contribution is 2.27. The van der Waals surface area contributed by atoms with E-state index in [4.69, 9.17) is 0 Å². The van der Waals surface area contributed by atoms with E-state index in [9.17, 15) is 26.4 Å². The monoisotopic (exact) mass is 469 g/mol. The molecule has 0 saturated carbocycles. The van der Waals surface area contributed by atoms with E-state index < -0.39 is 28.7 Å². The van der Waals surface area contributed by atoms with Gasteiger partial charge in [0, 0.05) is 19.8 Å². The largest absolute Gasteiger partial charge is 0.405 e. The maximum Gasteiger partial charge on any atom is 0.405 e. The zero-order chi connectivity index (χ0) is 21.8. The first-order chi connectivity index (χ1) is 13.4. The Hall–Kier alpha value is -1.90. The van der Waals surface area contributed by atoms with E-state index in [1.807, 2.05) is 0 Å². The molecule has 1 heterocycles. The highest BCUT2D eigenvalue weighted by Gasteiger charge is 2.27. The number of carbonyl (C=O) groups is 1. The van der Waals surface area contributed by atoms with Crippen LogP contribution < -0.4 is 10.6 Å². The van der Waals surface area contributed by atoms with E-state index in [1.165, 1.54) is 20.2 Å². The number of nitrogens with one attached hydrogen (secondary N) is 2. The second-order valence-electron chi connectivity index (χ2n) is 5.95. The number of alkyl halides is 3. The Morgan fingerprint density at radius 1 is 1.28 bits per heavy atom. The van der Waals surface area contributed by atoms with Gasteiger partial charge in [-0.1, -0.05) is 29.2 Å². The van der Waals surface area contributed by atoms with Crippen molar-refractivity contribution in [1.29, 1.82) is 0 Å². The fourth-order valence-electron chi connectivity index (χ4n) is 1.99. The lowest BCUT2D eigenvalue weighted by molar-refractivity contribution is -0.115. The topological polar surface area (TPSA) is 104 Å². The van der Waals surface area contributed by atoms with Gasteiger partial charge in [-0.2, -0.15) is 13.2 Å². The number of amides is 1. The van der Waals surface area contributed by atoms with Crippen LogP contribution in [-0.2, 0) is 14.8 Å². The van der Waals surface area contributed by atoms with Crippen molar-refractivity contribution in [2.75, 3.05) is 37.0 Å². The normalized spacial score (nSPS) is 12.2. The van der Waals surface area contributed by atoms with Gasteiger partial charge >= 0.3 is 6.18 Å². The van der Waals surface area contributed by atoms with Crippen molar-refractivity contribution in [3.63, 3.8) is 0 Å². The van der Waals surface area contributed by atoms with Crippen LogP contribution in [-0.4, -0.2) is 61.4 Å². The molecule has 0 unspecified atom stereocenters. The minimum Gasteiger partial charge on any atom is -0.351 e. The molecule has 0 fully saturated rings. The zero-order valence-electron chi connectivity index (χ0n) is 15.6. The summed E-state index contributed by atoms with van der Waals surface area (Å²) in [5, 5.41) is 12.0. The predicted molar refractivity (Wildman–Crippen MR) is 106 cm³/mol. The molecule has 2 aromatic rings. The molecule has 1 aromatic heterocycles. The van der Waals surface area contributed by atoms with Crippen LogP contribution in [0.5, 0.6) is 0 Å². The Morgan fingerprint density at radius 2 is 1.97 bits per heavy atom. The third-order valence-electron chi connectivity index (χ3n) is 3.40. The summed E-state index contributed by atoms with van der Waals surface area (Å²) in [6, 6.07) is 4.54. The Labute approximate surface area is 173 Å². The van der Waals surface area contributed by atoms with Crippen molar-refractivity contribution < 1.29 is 26.4 Å². The number of halogens is 3. The minimum absolute atomic E-state index is 0.00213. The molecule has 0 radical (unpaired) electrons. The second-order valence-corrected chi connectivity index (χ2v) is 10.3. The number of rotatable bonds is 8. The molecule has 0 aliphatic carbocycles. The number of sulfonamides is 1. The fourth-order valence-corrected chi connectivity index (χ4v) is 4.68. The first-order valence-electron chi connectivity index (χ1n) is 7.98. The standard InChI is InChI=1S/C15H18F3N5O3S3/c1-9-4-5-10(6-11(9)29(25,26)23(2)3)20-12(24)7-27-14-22-21-13(28-14)19-8-15(16,17)18/h4-6H,7-8H2,1-3H3,(H,19,21)(H,20,24). The SMILES string of the molecule is Cc1ccc(NC(=O)CSc2nnc(NCC(F)(F)F)s2)cc1S(=O)(=O)N(C)C. The molecule has 0 atom stereocenters. The number of thioether (sulfide) groups is 1. The molecule has 2 N–H and O–H groups in total. The van der Waals surface area contributed by atoms with Crippen molar-refractivity contribution in [1.82, 2.24) is 14.5 Å². The number of hydrogen-bond acceptors (Lipinski definition) is 8. The average molecular weight is 470 g/mol. The quantitative estimate of drug-likeness (QED) is 0.573. The summed E-state index contributed by atoms with van der Waals surface area (Å²) in [4.78, 5) is 12.2. The van der Waals surface area contributed by atoms with Crippen LogP contribution in [0.2, 0.25) is 0 Å². The van der Waals surface area contributed by atoms with Crippen LogP contribution in [0.15, 0.2) is 27.4 Å². The lowest BCUT2D eigenvalue weighted by Gasteiger charge is -2.15. The first-order valence-corrected chi connectivity index (χ1v) is 11.2. The number of aryl methyl sites for hydroxylation is 1. The molecule has 1 amide bonds. The minimum atomic E-state index is -4.37. The van der Waals surface area contributed by atoms with Crippen LogP contribution >= 0.6 is 23.1 Å². The third-order valence-corrected chi connectivity index (χ3v) is 7.38. The highest BCUT2D eigenvalue weighted by atomic mass is 32.2. The van der Waals surface area contributed by atoms with Gasteiger partial charge in [-0.3, -0.25) is 4.79 Å². The second kappa shape index (κ2) is 9.28. The Morgan fingerprint density at radius 3 is 2.59 bits per heavy atom. The van der Waals surface area contributed by atoms with Crippen LogP contribution in [0.25, 0.3) is 0 Å². The molecule has 0 aliphatic heterocycles. The number of hydrogen-bond donors (Lipinski definition) is 2. The van der Waals surface area contributed by atoms with Crippen molar-refractivity contribution in [2.45, 2.75) is 22.3 Å². The maximum absolute atomic E-state index is 12.3. The van der Waals surface area contributed by atoms with Gasteiger partial charge in [-0.15, -0.1) is 10.2 Å². The Bertz CT molecular complexity index is 977. The number of nitrogens with zero attached hydrogens (tertiary/aromatic N) is 3. The smallest absolute Gasteiger partial charge is 0.351 e. The molecular formula is C15H18F3N5O3S3. The molecule has 29 heavy (non-hydrogen) atoms. The van der Waals surface area contributed by atoms with Gasteiger partial charge in [0.05, 0.1) is 10.6 Å². The summed E-state index contributed by atoms with van der Waals surface area (Å²) >= 11 is 1.90. The summed E-state index contributed by atoms with van der Waals surface area (Å²) in [6.45, 7) is 0.427. The van der Waals surface area contributed by atoms with E-state index in [-0.39, 0.29) is 15.8 Å². The van der Waals surface area contributed by atoms with Crippen molar-refractivity contribution in [3.8, 4) is 0 Å². The van der Waals surface area contributed by atoms with E-state index in [0.717, 1.165) is 27.4 Å². The maximum atomic E-state index is 12.3. The molecule has 2 rings (SSSR count). The third kappa shape index (κ3) is 6.83. The molecule has 0 aliphatic rings. The summed E-state index contributed by atoms with van der Waals surface area (Å²) in [5.41, 5.74) is 0.852. The van der Waals surface area contributed by atoms with Crippen LogP contribution in [0.3, 0.4) is 0 Å². The number of aromatic nitrogens is 2. The van der Waals surface area contributed by atoms with Crippen molar-refractivity contribution in [2.24, 2.45) is 0 Å². The summed E-state index contributed by atoms with van der Waals surface area (Å²) in [6.07, 6.45) is -4.37. The van der Waals surface area contributed by atoms with Gasteiger partial charge in [-0.25, -0.2) is 12.7 Å². The molecule has 160 valence electrons. The number of benzene rings is 1. The molecule has 14 heteroatoms. The molecular weight excluding hydrogens is 451 g/mol. The lowest BCUT2D eigenvalue weighted by atomic mass is 10.2. The van der Waals surface area contributed by atoms with E-state index in [2.05, 4.69) is 20.8 Å².